The SMILES string of the molecule is IN(c1ccc(C2=CC2c2ccccc2C2=CCCC=C2)cc1)c1ccc(-n2c3ccccc3c3ccccc32)cc1. The molecular formula is C39H29IN2. The molecule has 1 aromatic heterocycles. The molecule has 0 spiro atoms. The van der Waals surface area contributed by atoms with E-state index in [9.17, 15) is 0 Å². The van der Waals surface area contributed by atoms with Crippen molar-refractivity contribution in [3.8, 4) is 5.69 Å². The van der Waals surface area contributed by atoms with Crippen LogP contribution in [0.3, 0.4) is 0 Å². The van der Waals surface area contributed by atoms with Gasteiger partial charge in [0.1, 0.15) is 0 Å². The number of nitrogens with zero attached hydrogens (tertiary/aromatic N) is 2. The Bertz CT molecular complexity index is 1990. The third kappa shape index (κ3) is 4.40. The summed E-state index contributed by atoms with van der Waals surface area (Å²) in [5.74, 6) is 0.396. The summed E-state index contributed by atoms with van der Waals surface area (Å²) in [5.41, 5.74) is 12.8. The summed E-state index contributed by atoms with van der Waals surface area (Å²) in [6.45, 7) is 0. The number of fused-ring (bicyclic) bond motifs is 3. The van der Waals surface area contributed by atoms with Crippen molar-refractivity contribution in [2.45, 2.75) is 18.8 Å². The molecule has 0 bridgehead atoms. The molecule has 2 aliphatic carbocycles. The molecule has 0 saturated heterocycles. The van der Waals surface area contributed by atoms with Crippen molar-refractivity contribution in [3.63, 3.8) is 0 Å². The quantitative estimate of drug-likeness (QED) is 0.128. The highest BCUT2D eigenvalue weighted by Gasteiger charge is 2.30. The minimum absolute atomic E-state index is 0.396. The Morgan fingerprint density at radius 1 is 0.643 bits per heavy atom. The summed E-state index contributed by atoms with van der Waals surface area (Å²) in [6.07, 6.45) is 11.6. The number of para-hydroxylation sites is 2. The zero-order valence-corrected chi connectivity index (χ0v) is 25.3. The summed E-state index contributed by atoms with van der Waals surface area (Å²) >= 11 is 2.41. The Morgan fingerprint density at radius 3 is 1.93 bits per heavy atom. The Labute approximate surface area is 260 Å². The summed E-state index contributed by atoms with van der Waals surface area (Å²) in [5, 5.41) is 2.57. The third-order valence-corrected chi connectivity index (χ3v) is 9.63. The molecule has 1 atom stereocenters. The monoisotopic (exact) mass is 652 g/mol. The number of benzene rings is 5. The van der Waals surface area contributed by atoms with Gasteiger partial charge in [-0.25, -0.2) is 0 Å². The van der Waals surface area contributed by atoms with Crippen molar-refractivity contribution < 1.29 is 0 Å². The molecule has 1 heterocycles. The second-order valence-corrected chi connectivity index (χ2v) is 12.0. The Kier molecular flexibility index (Phi) is 6.33. The third-order valence-electron chi connectivity index (χ3n) is 8.52. The predicted molar refractivity (Wildman–Crippen MR) is 187 cm³/mol. The van der Waals surface area contributed by atoms with Gasteiger partial charge in [-0.2, -0.15) is 0 Å². The summed E-state index contributed by atoms with van der Waals surface area (Å²) < 4.78 is 4.59. The molecule has 0 N–H and O–H groups in total. The Hall–Kier alpha value is -4.35. The second-order valence-electron chi connectivity index (χ2n) is 11.0. The lowest BCUT2D eigenvalue weighted by Gasteiger charge is -2.18. The molecule has 1 unspecified atom stereocenters. The molecule has 0 amide bonds. The van der Waals surface area contributed by atoms with Crippen LogP contribution in [0.2, 0.25) is 0 Å². The van der Waals surface area contributed by atoms with E-state index in [1.165, 1.54) is 61.0 Å². The standard InChI is InChI=1S/C39H29IN2/c40-42(31-24-22-29(23-25-31)41-38-16-8-6-14-34(38)35-15-7-9-17-39(35)41)30-20-18-28(19-21-30)36-26-37(36)33-13-5-4-12-32(33)27-10-2-1-3-11-27/h2,4-26,37H,1,3H2. The van der Waals surface area contributed by atoms with E-state index in [0.717, 1.165) is 18.5 Å². The highest BCUT2D eigenvalue weighted by atomic mass is 127. The maximum atomic E-state index is 2.41. The van der Waals surface area contributed by atoms with Crippen molar-refractivity contribution in [3.05, 3.63) is 162 Å². The molecule has 0 aliphatic heterocycles. The summed E-state index contributed by atoms with van der Waals surface area (Å²) in [4.78, 5) is 0. The minimum atomic E-state index is 0.396. The molecule has 0 fully saturated rings. The summed E-state index contributed by atoms with van der Waals surface area (Å²) in [6, 6.07) is 44.1. The van der Waals surface area contributed by atoms with Gasteiger partial charge in [-0.15, -0.1) is 0 Å². The van der Waals surface area contributed by atoms with Gasteiger partial charge in [0.15, 0.2) is 0 Å². The normalized spacial score (nSPS) is 16.0. The number of allylic oxidation sites excluding steroid dienone is 6. The maximum Gasteiger partial charge on any atom is 0.0646 e. The number of aromatic nitrogens is 1. The average Bonchev–Trinajstić information content (AvgIpc) is 3.80. The van der Waals surface area contributed by atoms with E-state index in [1.54, 1.807) is 0 Å². The van der Waals surface area contributed by atoms with Crippen LogP contribution in [0.4, 0.5) is 11.4 Å². The lowest BCUT2D eigenvalue weighted by molar-refractivity contribution is 1.04. The van der Waals surface area contributed by atoms with E-state index in [2.05, 4.69) is 176 Å². The van der Waals surface area contributed by atoms with Gasteiger partial charge in [0.2, 0.25) is 0 Å². The van der Waals surface area contributed by atoms with Crippen LogP contribution in [0.1, 0.15) is 35.4 Å². The molecule has 0 saturated carbocycles. The molecule has 6 aromatic rings. The van der Waals surface area contributed by atoms with Gasteiger partial charge < -0.3 is 4.57 Å². The first kappa shape index (κ1) is 25.4. The van der Waals surface area contributed by atoms with E-state index in [1.807, 2.05) is 0 Å². The first-order valence-corrected chi connectivity index (χ1v) is 15.6. The number of halogens is 1. The molecule has 8 rings (SSSR count). The first-order chi connectivity index (χ1) is 20.8. The smallest absolute Gasteiger partial charge is 0.0646 e. The van der Waals surface area contributed by atoms with Gasteiger partial charge in [-0.3, -0.25) is 3.11 Å². The molecular weight excluding hydrogens is 623 g/mol. The summed E-state index contributed by atoms with van der Waals surface area (Å²) in [7, 11) is 0. The van der Waals surface area contributed by atoms with Gasteiger partial charge in [-0.05, 0) is 89.2 Å². The molecule has 3 heteroatoms. The highest BCUT2D eigenvalue weighted by molar-refractivity contribution is 14.1. The van der Waals surface area contributed by atoms with Crippen molar-refractivity contribution in [2.24, 2.45) is 0 Å². The van der Waals surface area contributed by atoms with Crippen LogP contribution in [-0.4, -0.2) is 4.57 Å². The van der Waals surface area contributed by atoms with Crippen LogP contribution >= 0.6 is 22.9 Å². The highest BCUT2D eigenvalue weighted by Crippen LogP contribution is 2.49. The zero-order valence-electron chi connectivity index (χ0n) is 23.1. The van der Waals surface area contributed by atoms with Gasteiger partial charge in [-0.1, -0.05) is 97.1 Å². The molecule has 5 aromatic carbocycles. The van der Waals surface area contributed by atoms with Crippen LogP contribution < -0.4 is 3.11 Å². The van der Waals surface area contributed by atoms with E-state index < -0.39 is 0 Å². The number of anilines is 2. The van der Waals surface area contributed by atoms with Crippen LogP contribution in [0.5, 0.6) is 0 Å². The second kappa shape index (κ2) is 10.5. The van der Waals surface area contributed by atoms with Crippen LogP contribution in [0.15, 0.2) is 146 Å². The van der Waals surface area contributed by atoms with E-state index in [4.69, 9.17) is 0 Å². The van der Waals surface area contributed by atoms with E-state index in [-0.39, 0.29) is 0 Å². The molecule has 2 aliphatic rings. The topological polar surface area (TPSA) is 8.17 Å². The molecule has 202 valence electrons. The fraction of sp³-hybridized carbons (Fsp3) is 0.0769. The lowest BCUT2D eigenvalue weighted by Crippen LogP contribution is -2.01. The fourth-order valence-electron chi connectivity index (χ4n) is 6.38. The van der Waals surface area contributed by atoms with Crippen molar-refractivity contribution in [1.29, 1.82) is 0 Å². The van der Waals surface area contributed by atoms with Crippen molar-refractivity contribution in [2.75, 3.05) is 3.11 Å². The van der Waals surface area contributed by atoms with E-state index >= 15 is 0 Å². The first-order valence-electron chi connectivity index (χ1n) is 14.6. The number of rotatable bonds is 6. The minimum Gasteiger partial charge on any atom is -0.309 e. The van der Waals surface area contributed by atoms with Crippen LogP contribution in [-0.2, 0) is 0 Å². The molecule has 2 nitrogen and oxygen atoms in total. The van der Waals surface area contributed by atoms with Crippen molar-refractivity contribution in [1.82, 2.24) is 4.57 Å². The van der Waals surface area contributed by atoms with Crippen molar-refractivity contribution >= 4 is 67.2 Å². The number of hydrogen-bond acceptors (Lipinski definition) is 1. The largest absolute Gasteiger partial charge is 0.309 e. The van der Waals surface area contributed by atoms with Gasteiger partial charge in [0.05, 0.1) is 45.3 Å². The lowest BCUT2D eigenvalue weighted by atomic mass is 9.91. The Balaban J connectivity index is 1.02. The van der Waals surface area contributed by atoms with Gasteiger partial charge >= 0.3 is 0 Å². The number of hydrogen-bond donors (Lipinski definition) is 0. The zero-order chi connectivity index (χ0) is 28.0. The van der Waals surface area contributed by atoms with Crippen LogP contribution in [0.25, 0.3) is 38.6 Å². The fourth-order valence-corrected chi connectivity index (χ4v) is 7.02. The molecule has 0 radical (unpaired) electrons. The van der Waals surface area contributed by atoms with Gasteiger partial charge in [0, 0.05) is 22.4 Å². The Morgan fingerprint density at radius 2 is 1.26 bits per heavy atom. The predicted octanol–water partition coefficient (Wildman–Crippen LogP) is 11.2. The average molecular weight is 653 g/mol. The van der Waals surface area contributed by atoms with Gasteiger partial charge in [0.25, 0.3) is 0 Å². The van der Waals surface area contributed by atoms with E-state index in [0.29, 0.717) is 5.92 Å². The van der Waals surface area contributed by atoms with Crippen LogP contribution in [0, 0.1) is 0 Å². The molecule has 42 heavy (non-hydrogen) atoms. The maximum absolute atomic E-state index is 2.41.